The van der Waals surface area contributed by atoms with Crippen molar-refractivity contribution in [2.45, 2.75) is 13.0 Å². The third kappa shape index (κ3) is 3.51. The van der Waals surface area contributed by atoms with E-state index >= 15 is 0 Å². The number of amides is 1. The van der Waals surface area contributed by atoms with E-state index in [1.165, 1.54) is 0 Å². The van der Waals surface area contributed by atoms with E-state index in [1.807, 2.05) is 25.1 Å². The van der Waals surface area contributed by atoms with Crippen molar-refractivity contribution >= 4 is 11.6 Å². The SMILES string of the molecule is Cc1ccc(N=NC(C(N)=O)c2ccccc2C#N)cc1. The Bertz CT molecular complexity index is 714. The first-order chi connectivity index (χ1) is 10.1. The number of benzene rings is 2. The van der Waals surface area contributed by atoms with Gasteiger partial charge in [-0.3, -0.25) is 4.79 Å². The van der Waals surface area contributed by atoms with Gasteiger partial charge in [0.25, 0.3) is 0 Å². The highest BCUT2D eigenvalue weighted by molar-refractivity contribution is 5.82. The maximum atomic E-state index is 11.6. The molecule has 0 fully saturated rings. The van der Waals surface area contributed by atoms with Crippen molar-refractivity contribution in [3.63, 3.8) is 0 Å². The predicted octanol–water partition coefficient (Wildman–Crippen LogP) is 3.18. The van der Waals surface area contributed by atoms with E-state index < -0.39 is 11.9 Å². The molecule has 0 aliphatic heterocycles. The van der Waals surface area contributed by atoms with Gasteiger partial charge in [0.1, 0.15) is 0 Å². The van der Waals surface area contributed by atoms with Gasteiger partial charge in [-0.2, -0.15) is 15.5 Å². The van der Waals surface area contributed by atoms with Gasteiger partial charge in [0.15, 0.2) is 6.04 Å². The van der Waals surface area contributed by atoms with E-state index in [2.05, 4.69) is 10.2 Å². The fourth-order valence-electron chi connectivity index (χ4n) is 1.85. The van der Waals surface area contributed by atoms with Crippen LogP contribution in [0.3, 0.4) is 0 Å². The van der Waals surface area contributed by atoms with Gasteiger partial charge in [-0.15, -0.1) is 0 Å². The van der Waals surface area contributed by atoms with Crippen LogP contribution in [-0.2, 0) is 4.79 Å². The second-order valence-electron chi connectivity index (χ2n) is 4.55. The molecule has 2 N–H and O–H groups in total. The van der Waals surface area contributed by atoms with Crippen LogP contribution in [0.4, 0.5) is 5.69 Å². The monoisotopic (exact) mass is 278 g/mol. The van der Waals surface area contributed by atoms with Crippen LogP contribution in [-0.4, -0.2) is 5.91 Å². The number of hydrogen-bond donors (Lipinski definition) is 1. The molecule has 0 saturated carbocycles. The minimum absolute atomic E-state index is 0.365. The molecule has 1 atom stereocenters. The van der Waals surface area contributed by atoms with Crippen LogP contribution >= 0.6 is 0 Å². The van der Waals surface area contributed by atoms with Crippen molar-refractivity contribution in [2.75, 3.05) is 0 Å². The fourth-order valence-corrected chi connectivity index (χ4v) is 1.85. The molecule has 2 rings (SSSR count). The topological polar surface area (TPSA) is 91.6 Å². The summed E-state index contributed by atoms with van der Waals surface area (Å²) in [6.45, 7) is 1.97. The van der Waals surface area contributed by atoms with Crippen molar-refractivity contribution in [1.29, 1.82) is 5.26 Å². The van der Waals surface area contributed by atoms with E-state index in [0.717, 1.165) is 5.56 Å². The van der Waals surface area contributed by atoms with Crippen molar-refractivity contribution in [2.24, 2.45) is 16.0 Å². The minimum Gasteiger partial charge on any atom is -0.367 e. The Balaban J connectivity index is 2.34. The highest BCUT2D eigenvalue weighted by atomic mass is 16.1. The molecule has 21 heavy (non-hydrogen) atoms. The van der Waals surface area contributed by atoms with Crippen molar-refractivity contribution < 1.29 is 4.79 Å². The zero-order valence-corrected chi connectivity index (χ0v) is 11.5. The van der Waals surface area contributed by atoms with Crippen LogP contribution in [0.1, 0.15) is 22.7 Å². The number of carbonyl (C=O) groups excluding carboxylic acids is 1. The molecule has 0 aliphatic rings. The first kappa shape index (κ1) is 14.4. The van der Waals surface area contributed by atoms with Gasteiger partial charge in [-0.25, -0.2) is 0 Å². The lowest BCUT2D eigenvalue weighted by atomic mass is 10.0. The summed E-state index contributed by atoms with van der Waals surface area (Å²) in [4.78, 5) is 11.6. The summed E-state index contributed by atoms with van der Waals surface area (Å²) >= 11 is 0. The molecule has 1 amide bonds. The lowest BCUT2D eigenvalue weighted by molar-refractivity contribution is -0.119. The van der Waals surface area contributed by atoms with Gasteiger partial charge >= 0.3 is 0 Å². The Morgan fingerprint density at radius 2 is 1.86 bits per heavy atom. The maximum absolute atomic E-state index is 11.6. The molecule has 0 aliphatic carbocycles. The number of nitriles is 1. The average Bonchev–Trinajstić information content (AvgIpc) is 2.49. The molecule has 5 nitrogen and oxygen atoms in total. The molecule has 0 radical (unpaired) electrons. The molecule has 0 aromatic heterocycles. The molecule has 2 aromatic rings. The number of nitrogens with zero attached hydrogens (tertiary/aromatic N) is 3. The van der Waals surface area contributed by atoms with Crippen LogP contribution in [0.15, 0.2) is 58.8 Å². The normalized spacial score (nSPS) is 12.0. The summed E-state index contributed by atoms with van der Waals surface area (Å²) in [6.07, 6.45) is 0. The van der Waals surface area contributed by atoms with Crippen LogP contribution in [0, 0.1) is 18.3 Å². The Morgan fingerprint density at radius 1 is 1.19 bits per heavy atom. The molecular weight excluding hydrogens is 264 g/mol. The maximum Gasteiger partial charge on any atom is 0.248 e. The molecule has 5 heteroatoms. The molecule has 0 saturated heterocycles. The van der Waals surface area contributed by atoms with Gasteiger partial charge in [0.2, 0.25) is 5.91 Å². The Kier molecular flexibility index (Phi) is 4.42. The third-order valence-corrected chi connectivity index (χ3v) is 2.97. The summed E-state index contributed by atoms with van der Waals surface area (Å²) in [5.41, 5.74) is 7.94. The quantitative estimate of drug-likeness (QED) is 0.870. The lowest BCUT2D eigenvalue weighted by Gasteiger charge is -2.09. The number of nitrogens with two attached hydrogens (primary N) is 1. The zero-order chi connectivity index (χ0) is 15.2. The van der Waals surface area contributed by atoms with Crippen LogP contribution in [0.2, 0.25) is 0 Å². The molecule has 0 bridgehead atoms. The highest BCUT2D eigenvalue weighted by Crippen LogP contribution is 2.23. The van der Waals surface area contributed by atoms with Crippen molar-refractivity contribution in [3.8, 4) is 6.07 Å². The van der Waals surface area contributed by atoms with Gasteiger partial charge < -0.3 is 5.73 Å². The third-order valence-electron chi connectivity index (χ3n) is 2.97. The second-order valence-corrected chi connectivity index (χ2v) is 4.55. The first-order valence-corrected chi connectivity index (χ1v) is 6.37. The van der Waals surface area contributed by atoms with E-state index in [-0.39, 0.29) is 0 Å². The van der Waals surface area contributed by atoms with Crippen LogP contribution < -0.4 is 5.73 Å². The fraction of sp³-hybridized carbons (Fsp3) is 0.125. The highest BCUT2D eigenvalue weighted by Gasteiger charge is 2.20. The van der Waals surface area contributed by atoms with E-state index in [0.29, 0.717) is 16.8 Å². The number of hydrogen-bond acceptors (Lipinski definition) is 4. The Morgan fingerprint density at radius 3 is 2.48 bits per heavy atom. The smallest absolute Gasteiger partial charge is 0.248 e. The number of rotatable bonds is 4. The van der Waals surface area contributed by atoms with Crippen molar-refractivity contribution in [3.05, 3.63) is 65.2 Å². The second kappa shape index (κ2) is 6.44. The Labute approximate surface area is 122 Å². The molecule has 2 aromatic carbocycles. The standard InChI is InChI=1S/C16H14N4O/c1-11-6-8-13(9-7-11)19-20-15(16(18)21)14-5-3-2-4-12(14)10-17/h2-9,15H,1H3,(H2,18,21). The van der Waals surface area contributed by atoms with Gasteiger partial charge in [-0.1, -0.05) is 35.9 Å². The largest absolute Gasteiger partial charge is 0.367 e. The molecule has 0 spiro atoms. The average molecular weight is 278 g/mol. The number of primary amides is 1. The first-order valence-electron chi connectivity index (χ1n) is 6.37. The summed E-state index contributed by atoms with van der Waals surface area (Å²) in [5.74, 6) is -0.645. The Hall–Kier alpha value is -3.00. The summed E-state index contributed by atoms with van der Waals surface area (Å²) < 4.78 is 0. The number of carbonyl (C=O) groups is 1. The summed E-state index contributed by atoms with van der Waals surface area (Å²) in [6, 6.07) is 15.2. The van der Waals surface area contributed by atoms with E-state index in [1.54, 1.807) is 36.4 Å². The van der Waals surface area contributed by atoms with Gasteiger partial charge in [0.05, 0.1) is 17.3 Å². The molecule has 104 valence electrons. The van der Waals surface area contributed by atoms with Gasteiger partial charge in [0, 0.05) is 5.56 Å². The molecule has 0 heterocycles. The predicted molar refractivity (Wildman–Crippen MR) is 78.8 cm³/mol. The number of azo groups is 1. The lowest BCUT2D eigenvalue weighted by Crippen LogP contribution is -2.20. The zero-order valence-electron chi connectivity index (χ0n) is 11.5. The van der Waals surface area contributed by atoms with Crippen molar-refractivity contribution in [1.82, 2.24) is 0 Å². The minimum atomic E-state index is -0.970. The molecular formula is C16H14N4O. The van der Waals surface area contributed by atoms with Crippen LogP contribution in [0.25, 0.3) is 0 Å². The van der Waals surface area contributed by atoms with E-state index in [4.69, 9.17) is 11.0 Å². The van der Waals surface area contributed by atoms with Crippen LogP contribution in [0.5, 0.6) is 0 Å². The van der Waals surface area contributed by atoms with E-state index in [9.17, 15) is 4.79 Å². The summed E-state index contributed by atoms with van der Waals surface area (Å²) in [7, 11) is 0. The molecule has 1 unspecified atom stereocenters. The summed E-state index contributed by atoms with van der Waals surface area (Å²) in [5, 5.41) is 17.1. The number of aryl methyl sites for hydroxylation is 1. The van der Waals surface area contributed by atoms with Gasteiger partial charge in [-0.05, 0) is 25.1 Å².